The molecule has 2 heterocycles. The number of rotatable bonds is 4. The highest BCUT2D eigenvalue weighted by molar-refractivity contribution is 9.10. The van der Waals surface area contributed by atoms with Gasteiger partial charge in [0.1, 0.15) is 17.8 Å². The second-order valence-electron chi connectivity index (χ2n) is 5.20. The molecule has 0 amide bonds. The lowest BCUT2D eigenvalue weighted by Gasteiger charge is -2.15. The summed E-state index contributed by atoms with van der Waals surface area (Å²) in [6, 6.07) is 1.84. The van der Waals surface area contributed by atoms with Crippen LogP contribution in [-0.2, 0) is 0 Å². The van der Waals surface area contributed by atoms with Gasteiger partial charge in [-0.2, -0.15) is 0 Å². The first kappa shape index (κ1) is 14.4. The van der Waals surface area contributed by atoms with E-state index in [0.717, 1.165) is 28.2 Å². The maximum absolute atomic E-state index is 4.78. The highest BCUT2D eigenvalue weighted by Crippen LogP contribution is 2.39. The molecule has 1 saturated carbocycles. The van der Waals surface area contributed by atoms with Crippen molar-refractivity contribution in [2.24, 2.45) is 0 Å². The van der Waals surface area contributed by atoms with Crippen molar-refractivity contribution in [3.8, 4) is 11.5 Å². The van der Waals surface area contributed by atoms with Gasteiger partial charge in [0.2, 0.25) is 0 Å². The Labute approximate surface area is 132 Å². The van der Waals surface area contributed by atoms with Gasteiger partial charge in [-0.15, -0.1) is 0 Å². The van der Waals surface area contributed by atoms with Gasteiger partial charge in [-0.05, 0) is 41.8 Å². The third-order valence-electron chi connectivity index (χ3n) is 3.77. The van der Waals surface area contributed by atoms with Crippen molar-refractivity contribution in [2.75, 3.05) is 11.9 Å². The Kier molecular flexibility index (Phi) is 4.43. The van der Waals surface area contributed by atoms with Crippen LogP contribution < -0.4 is 5.32 Å². The maximum atomic E-state index is 4.78. The number of hydrogen-bond donors (Lipinski definition) is 1. The number of hydrogen-bond acceptors (Lipinski definition) is 5. The summed E-state index contributed by atoms with van der Waals surface area (Å²) in [6.07, 6.45) is 8.20. The minimum Gasteiger partial charge on any atom is -0.369 e. The standard InChI is InChI=1S/C15H18BrN5/c1-2-18-15-12(16)13(10-5-3-4-6-10)20-14(21-15)11-7-8-17-9-19-11/h7-10H,2-6H2,1H3,(H,18,20,21). The summed E-state index contributed by atoms with van der Waals surface area (Å²) >= 11 is 3.68. The molecule has 21 heavy (non-hydrogen) atoms. The fourth-order valence-electron chi connectivity index (χ4n) is 2.76. The van der Waals surface area contributed by atoms with E-state index in [4.69, 9.17) is 4.98 Å². The van der Waals surface area contributed by atoms with Crippen LogP contribution in [-0.4, -0.2) is 26.5 Å². The third-order valence-corrected chi connectivity index (χ3v) is 4.56. The lowest BCUT2D eigenvalue weighted by molar-refractivity contribution is 0.691. The van der Waals surface area contributed by atoms with E-state index in [1.807, 2.05) is 6.07 Å². The van der Waals surface area contributed by atoms with Gasteiger partial charge in [-0.25, -0.2) is 19.9 Å². The van der Waals surface area contributed by atoms with Gasteiger partial charge in [-0.1, -0.05) is 12.8 Å². The smallest absolute Gasteiger partial charge is 0.180 e. The molecule has 0 saturated heterocycles. The Balaban J connectivity index is 2.08. The Morgan fingerprint density at radius 2 is 2.10 bits per heavy atom. The zero-order chi connectivity index (χ0) is 14.7. The largest absolute Gasteiger partial charge is 0.369 e. The number of aromatic nitrogens is 4. The molecule has 1 N–H and O–H groups in total. The normalized spacial score (nSPS) is 15.3. The molecule has 1 aliphatic carbocycles. The van der Waals surface area contributed by atoms with Crippen molar-refractivity contribution >= 4 is 21.7 Å². The molecule has 1 fully saturated rings. The first-order valence-electron chi connectivity index (χ1n) is 7.37. The minimum atomic E-state index is 0.514. The van der Waals surface area contributed by atoms with Gasteiger partial charge in [0.05, 0.1) is 10.2 Å². The monoisotopic (exact) mass is 347 g/mol. The van der Waals surface area contributed by atoms with Crippen molar-refractivity contribution in [2.45, 2.75) is 38.5 Å². The molecule has 1 aliphatic rings. The van der Waals surface area contributed by atoms with E-state index >= 15 is 0 Å². The first-order chi connectivity index (χ1) is 10.3. The van der Waals surface area contributed by atoms with E-state index in [1.54, 1.807) is 6.20 Å². The molecular weight excluding hydrogens is 330 g/mol. The summed E-state index contributed by atoms with van der Waals surface area (Å²) in [7, 11) is 0. The summed E-state index contributed by atoms with van der Waals surface area (Å²) in [5.41, 5.74) is 1.86. The summed E-state index contributed by atoms with van der Waals surface area (Å²) in [5, 5.41) is 3.31. The zero-order valence-electron chi connectivity index (χ0n) is 12.0. The maximum Gasteiger partial charge on any atom is 0.180 e. The Morgan fingerprint density at radius 1 is 1.29 bits per heavy atom. The number of anilines is 1. The first-order valence-corrected chi connectivity index (χ1v) is 8.16. The van der Waals surface area contributed by atoms with E-state index in [9.17, 15) is 0 Å². The molecule has 0 unspecified atom stereocenters. The third kappa shape index (κ3) is 3.05. The molecule has 0 bridgehead atoms. The molecule has 0 spiro atoms. The number of nitrogens with one attached hydrogen (secondary N) is 1. The highest BCUT2D eigenvalue weighted by Gasteiger charge is 2.24. The Hall–Kier alpha value is -1.56. The van der Waals surface area contributed by atoms with E-state index in [1.165, 1.54) is 32.0 Å². The molecule has 0 atom stereocenters. The summed E-state index contributed by atoms with van der Waals surface area (Å²) in [6.45, 7) is 2.89. The van der Waals surface area contributed by atoms with Gasteiger partial charge < -0.3 is 5.32 Å². The molecule has 5 nitrogen and oxygen atoms in total. The predicted molar refractivity (Wildman–Crippen MR) is 86.1 cm³/mol. The van der Waals surface area contributed by atoms with Crippen molar-refractivity contribution in [1.82, 2.24) is 19.9 Å². The van der Waals surface area contributed by atoms with Crippen LogP contribution in [0.2, 0.25) is 0 Å². The van der Waals surface area contributed by atoms with Crippen molar-refractivity contribution < 1.29 is 0 Å². The quantitative estimate of drug-likeness (QED) is 0.911. The molecule has 6 heteroatoms. The molecule has 3 rings (SSSR count). The fraction of sp³-hybridized carbons (Fsp3) is 0.467. The average molecular weight is 348 g/mol. The topological polar surface area (TPSA) is 63.6 Å². The van der Waals surface area contributed by atoms with E-state index in [-0.39, 0.29) is 0 Å². The van der Waals surface area contributed by atoms with Gasteiger partial charge in [0, 0.05) is 18.7 Å². The van der Waals surface area contributed by atoms with Crippen LogP contribution in [0.25, 0.3) is 11.5 Å². The second kappa shape index (κ2) is 6.47. The van der Waals surface area contributed by atoms with E-state index in [0.29, 0.717) is 11.7 Å². The van der Waals surface area contributed by atoms with Crippen LogP contribution >= 0.6 is 15.9 Å². The van der Waals surface area contributed by atoms with Crippen molar-refractivity contribution in [3.05, 3.63) is 28.8 Å². The van der Waals surface area contributed by atoms with Crippen LogP contribution in [0.5, 0.6) is 0 Å². The van der Waals surface area contributed by atoms with Gasteiger partial charge >= 0.3 is 0 Å². The molecule has 0 radical (unpaired) electrons. The van der Waals surface area contributed by atoms with Crippen LogP contribution in [0, 0.1) is 0 Å². The Morgan fingerprint density at radius 3 is 2.76 bits per heavy atom. The summed E-state index contributed by atoms with van der Waals surface area (Å²) in [5.74, 6) is 2.03. The van der Waals surface area contributed by atoms with Crippen molar-refractivity contribution in [3.63, 3.8) is 0 Å². The lowest BCUT2D eigenvalue weighted by Crippen LogP contribution is -2.08. The molecule has 2 aromatic heterocycles. The lowest BCUT2D eigenvalue weighted by atomic mass is 10.0. The second-order valence-corrected chi connectivity index (χ2v) is 5.99. The fourth-order valence-corrected chi connectivity index (χ4v) is 3.40. The molecule has 2 aromatic rings. The van der Waals surface area contributed by atoms with Crippen LogP contribution in [0.15, 0.2) is 23.1 Å². The number of nitrogens with zero attached hydrogens (tertiary/aromatic N) is 4. The molecule has 110 valence electrons. The van der Waals surface area contributed by atoms with Gasteiger partial charge in [-0.3, -0.25) is 0 Å². The van der Waals surface area contributed by atoms with Gasteiger partial charge in [0.25, 0.3) is 0 Å². The number of halogens is 1. The van der Waals surface area contributed by atoms with E-state index in [2.05, 4.69) is 43.1 Å². The van der Waals surface area contributed by atoms with E-state index < -0.39 is 0 Å². The predicted octanol–water partition coefficient (Wildman–Crippen LogP) is 3.79. The van der Waals surface area contributed by atoms with Crippen LogP contribution in [0.1, 0.15) is 44.2 Å². The molecule has 0 aromatic carbocycles. The highest BCUT2D eigenvalue weighted by atomic mass is 79.9. The average Bonchev–Trinajstić information content (AvgIpc) is 3.04. The zero-order valence-corrected chi connectivity index (χ0v) is 13.6. The molecular formula is C15H18BrN5. The van der Waals surface area contributed by atoms with Crippen molar-refractivity contribution in [1.29, 1.82) is 0 Å². The van der Waals surface area contributed by atoms with Crippen LogP contribution in [0.4, 0.5) is 5.82 Å². The van der Waals surface area contributed by atoms with Crippen LogP contribution in [0.3, 0.4) is 0 Å². The molecule has 0 aliphatic heterocycles. The minimum absolute atomic E-state index is 0.514. The Bertz CT molecular complexity index is 611. The summed E-state index contributed by atoms with van der Waals surface area (Å²) in [4.78, 5) is 17.6. The van der Waals surface area contributed by atoms with Gasteiger partial charge in [0.15, 0.2) is 5.82 Å². The SMILES string of the molecule is CCNc1nc(-c2ccncn2)nc(C2CCCC2)c1Br. The summed E-state index contributed by atoms with van der Waals surface area (Å²) < 4.78 is 0.994.